The van der Waals surface area contributed by atoms with Gasteiger partial charge in [0.05, 0.1) is 32.4 Å². The summed E-state index contributed by atoms with van der Waals surface area (Å²) in [6.45, 7) is 1.05. The molecule has 0 unspecified atom stereocenters. The summed E-state index contributed by atoms with van der Waals surface area (Å²) < 4.78 is 10.9. The van der Waals surface area contributed by atoms with Crippen LogP contribution in [0.25, 0.3) is 11.4 Å². The van der Waals surface area contributed by atoms with Gasteiger partial charge in [-0.05, 0) is 46.2 Å². The van der Waals surface area contributed by atoms with Gasteiger partial charge in [-0.3, -0.25) is 0 Å². The second-order valence-corrected chi connectivity index (χ2v) is 7.15. The molecule has 0 aliphatic heterocycles. The SMILES string of the molecule is COc1ccc(Cn2nnc(-c3cccc(COCc4ccccc4C(=O)O)c3)n2)cc1. The average molecular weight is 430 g/mol. The third-order valence-electron chi connectivity index (χ3n) is 4.90. The van der Waals surface area contributed by atoms with Crippen LogP contribution in [-0.4, -0.2) is 38.4 Å². The van der Waals surface area contributed by atoms with Crippen LogP contribution in [0.15, 0.2) is 72.8 Å². The zero-order chi connectivity index (χ0) is 22.3. The molecule has 0 saturated heterocycles. The van der Waals surface area contributed by atoms with Crippen LogP contribution in [0.2, 0.25) is 0 Å². The van der Waals surface area contributed by atoms with E-state index >= 15 is 0 Å². The van der Waals surface area contributed by atoms with Gasteiger partial charge in [-0.25, -0.2) is 4.79 Å². The summed E-state index contributed by atoms with van der Waals surface area (Å²) in [5.41, 5.74) is 3.69. The summed E-state index contributed by atoms with van der Waals surface area (Å²) in [4.78, 5) is 12.9. The van der Waals surface area contributed by atoms with E-state index in [1.807, 2.05) is 48.5 Å². The van der Waals surface area contributed by atoms with E-state index in [0.29, 0.717) is 24.5 Å². The van der Waals surface area contributed by atoms with Crippen molar-refractivity contribution in [3.8, 4) is 17.1 Å². The molecule has 1 N–H and O–H groups in total. The van der Waals surface area contributed by atoms with Gasteiger partial charge in [-0.15, -0.1) is 10.2 Å². The van der Waals surface area contributed by atoms with Crippen LogP contribution >= 0.6 is 0 Å². The molecule has 0 radical (unpaired) electrons. The number of ether oxygens (including phenoxy) is 2. The monoisotopic (exact) mass is 430 g/mol. The van der Waals surface area contributed by atoms with E-state index < -0.39 is 5.97 Å². The lowest BCUT2D eigenvalue weighted by molar-refractivity contribution is 0.0684. The number of aromatic nitrogens is 4. The van der Waals surface area contributed by atoms with E-state index in [4.69, 9.17) is 9.47 Å². The molecule has 4 aromatic rings. The predicted octanol–water partition coefficient (Wildman–Crippen LogP) is 3.81. The van der Waals surface area contributed by atoms with Crippen molar-refractivity contribution in [3.05, 3.63) is 95.1 Å². The van der Waals surface area contributed by atoms with Crippen molar-refractivity contribution in [2.45, 2.75) is 19.8 Å². The Labute approximate surface area is 185 Å². The predicted molar refractivity (Wildman–Crippen MR) is 117 cm³/mol. The Kier molecular flexibility index (Phi) is 6.52. The average Bonchev–Trinajstić information content (AvgIpc) is 3.28. The Morgan fingerprint density at radius 1 is 0.969 bits per heavy atom. The third-order valence-corrected chi connectivity index (χ3v) is 4.90. The van der Waals surface area contributed by atoms with Crippen molar-refractivity contribution in [2.24, 2.45) is 0 Å². The first-order chi connectivity index (χ1) is 15.6. The van der Waals surface area contributed by atoms with Gasteiger partial charge in [0.15, 0.2) is 0 Å². The summed E-state index contributed by atoms with van der Waals surface area (Å²) in [6, 6.07) is 22.2. The second kappa shape index (κ2) is 9.84. The first kappa shape index (κ1) is 21.2. The standard InChI is InChI=1S/C24H22N4O4/c1-31-21-11-9-17(10-12-21)14-28-26-23(25-27-28)19-7-4-5-18(13-19)15-32-16-20-6-2-3-8-22(20)24(29)30/h2-13H,14-16H2,1H3,(H,29,30). The molecule has 0 aliphatic carbocycles. The third kappa shape index (κ3) is 5.16. The minimum absolute atomic E-state index is 0.211. The van der Waals surface area contributed by atoms with Crippen LogP contribution in [0.4, 0.5) is 0 Å². The molecule has 1 heterocycles. The molecule has 0 fully saturated rings. The number of carboxylic acid groups (broad SMARTS) is 1. The van der Waals surface area contributed by atoms with Crippen LogP contribution in [-0.2, 0) is 24.5 Å². The largest absolute Gasteiger partial charge is 0.497 e. The molecule has 0 bridgehead atoms. The van der Waals surface area contributed by atoms with Crippen LogP contribution in [0.1, 0.15) is 27.0 Å². The number of aromatic carboxylic acids is 1. The summed E-state index contributed by atoms with van der Waals surface area (Å²) in [6.07, 6.45) is 0. The van der Waals surface area contributed by atoms with Crippen LogP contribution in [0.3, 0.4) is 0 Å². The van der Waals surface area contributed by atoms with E-state index in [1.165, 1.54) is 0 Å². The molecular weight excluding hydrogens is 408 g/mol. The molecule has 1 aromatic heterocycles. The molecule has 162 valence electrons. The molecule has 0 spiro atoms. The molecule has 0 atom stereocenters. The van der Waals surface area contributed by atoms with Gasteiger partial charge in [0.2, 0.25) is 5.82 Å². The number of rotatable bonds is 9. The second-order valence-electron chi connectivity index (χ2n) is 7.15. The maximum absolute atomic E-state index is 11.3. The van der Waals surface area contributed by atoms with Gasteiger partial charge in [0, 0.05) is 5.56 Å². The maximum atomic E-state index is 11.3. The van der Waals surface area contributed by atoms with Crippen molar-refractivity contribution in [1.82, 2.24) is 20.2 Å². The number of hydrogen-bond donors (Lipinski definition) is 1. The fourth-order valence-corrected chi connectivity index (χ4v) is 3.25. The first-order valence-electron chi connectivity index (χ1n) is 10.0. The quantitative estimate of drug-likeness (QED) is 0.431. The number of hydrogen-bond acceptors (Lipinski definition) is 6. The fraction of sp³-hybridized carbons (Fsp3) is 0.167. The summed E-state index contributed by atoms with van der Waals surface area (Å²) in [5, 5.41) is 22.1. The molecular formula is C24H22N4O4. The lowest BCUT2D eigenvalue weighted by Crippen LogP contribution is -2.04. The zero-order valence-corrected chi connectivity index (χ0v) is 17.5. The van der Waals surface area contributed by atoms with E-state index in [1.54, 1.807) is 36.2 Å². The van der Waals surface area contributed by atoms with Crippen molar-refractivity contribution in [1.29, 1.82) is 0 Å². The number of benzene rings is 3. The maximum Gasteiger partial charge on any atom is 0.336 e. The normalized spacial score (nSPS) is 10.8. The highest BCUT2D eigenvalue weighted by atomic mass is 16.5. The van der Waals surface area contributed by atoms with Crippen molar-refractivity contribution in [2.75, 3.05) is 7.11 Å². The van der Waals surface area contributed by atoms with Gasteiger partial charge in [-0.2, -0.15) is 4.80 Å². The van der Waals surface area contributed by atoms with Crippen molar-refractivity contribution in [3.63, 3.8) is 0 Å². The molecule has 32 heavy (non-hydrogen) atoms. The van der Waals surface area contributed by atoms with Crippen LogP contribution in [0.5, 0.6) is 5.75 Å². The van der Waals surface area contributed by atoms with Crippen molar-refractivity contribution < 1.29 is 19.4 Å². The van der Waals surface area contributed by atoms with Gasteiger partial charge >= 0.3 is 5.97 Å². The van der Waals surface area contributed by atoms with Crippen molar-refractivity contribution >= 4 is 5.97 Å². The van der Waals surface area contributed by atoms with Crippen LogP contribution in [0, 0.1) is 0 Å². The first-order valence-corrected chi connectivity index (χ1v) is 10.0. The Bertz CT molecular complexity index is 1200. The van der Waals surface area contributed by atoms with E-state index in [2.05, 4.69) is 15.4 Å². The van der Waals surface area contributed by atoms with E-state index in [0.717, 1.165) is 22.4 Å². The summed E-state index contributed by atoms with van der Waals surface area (Å²) >= 11 is 0. The number of methoxy groups -OCH3 is 1. The minimum atomic E-state index is -0.963. The number of tetrazole rings is 1. The van der Waals surface area contributed by atoms with Crippen LogP contribution < -0.4 is 4.74 Å². The van der Waals surface area contributed by atoms with Gasteiger partial charge in [-0.1, -0.05) is 48.5 Å². The molecule has 0 amide bonds. The lowest BCUT2D eigenvalue weighted by atomic mass is 10.1. The smallest absolute Gasteiger partial charge is 0.336 e. The topological polar surface area (TPSA) is 99.4 Å². The molecule has 8 nitrogen and oxygen atoms in total. The van der Waals surface area contributed by atoms with E-state index in [-0.39, 0.29) is 12.2 Å². The van der Waals surface area contributed by atoms with Gasteiger partial charge in [0.1, 0.15) is 5.75 Å². The highest BCUT2D eigenvalue weighted by Gasteiger charge is 2.10. The number of carbonyl (C=O) groups is 1. The Balaban J connectivity index is 1.39. The number of carboxylic acids is 1. The van der Waals surface area contributed by atoms with E-state index in [9.17, 15) is 9.90 Å². The molecule has 3 aromatic carbocycles. The molecule has 0 aliphatic rings. The lowest BCUT2D eigenvalue weighted by Gasteiger charge is -2.08. The number of nitrogens with zero attached hydrogens (tertiary/aromatic N) is 4. The molecule has 4 rings (SSSR count). The highest BCUT2D eigenvalue weighted by Crippen LogP contribution is 2.18. The Morgan fingerprint density at radius 2 is 1.78 bits per heavy atom. The Hall–Kier alpha value is -4.04. The summed E-state index contributed by atoms with van der Waals surface area (Å²) in [7, 11) is 1.63. The zero-order valence-electron chi connectivity index (χ0n) is 17.5. The van der Waals surface area contributed by atoms with Gasteiger partial charge in [0.25, 0.3) is 0 Å². The fourth-order valence-electron chi connectivity index (χ4n) is 3.25. The Morgan fingerprint density at radius 3 is 2.56 bits per heavy atom. The highest BCUT2D eigenvalue weighted by molar-refractivity contribution is 5.89. The minimum Gasteiger partial charge on any atom is -0.497 e. The molecule has 8 heteroatoms. The summed E-state index contributed by atoms with van der Waals surface area (Å²) in [5.74, 6) is 0.359. The molecule has 0 saturated carbocycles. The van der Waals surface area contributed by atoms with Gasteiger partial charge < -0.3 is 14.6 Å².